The molecule has 2 aliphatic heterocycles. The smallest absolute Gasteiger partial charge is 0.350 e. The van der Waals surface area contributed by atoms with Gasteiger partial charge in [-0.3, -0.25) is 9.59 Å². The number of hydrogen-bond acceptors (Lipinski definition) is 3. The third kappa shape index (κ3) is 4.91. The zero-order valence-electron chi connectivity index (χ0n) is 17.1. The van der Waals surface area contributed by atoms with Crippen LogP contribution in [0, 0.1) is 5.92 Å². The molecule has 31 heavy (non-hydrogen) atoms. The average Bonchev–Trinajstić information content (AvgIpc) is 3.19. The number of aryl methyl sites for hydroxylation is 2. The minimum absolute atomic E-state index is 0.0485. The predicted octanol–water partition coefficient (Wildman–Crippen LogP) is 3.41. The van der Waals surface area contributed by atoms with Crippen molar-refractivity contribution in [2.75, 3.05) is 13.1 Å². The van der Waals surface area contributed by atoms with Gasteiger partial charge in [-0.25, -0.2) is 4.98 Å². The summed E-state index contributed by atoms with van der Waals surface area (Å²) in [6.45, 7) is 2.17. The number of alkyl halides is 3. The van der Waals surface area contributed by atoms with E-state index >= 15 is 0 Å². The van der Waals surface area contributed by atoms with Gasteiger partial charge in [0.2, 0.25) is 5.91 Å². The van der Waals surface area contributed by atoms with Gasteiger partial charge < -0.3 is 14.8 Å². The fraction of sp³-hybridized carbons (Fsp3) is 0.500. The lowest BCUT2D eigenvalue weighted by atomic mass is 9.95. The summed E-state index contributed by atoms with van der Waals surface area (Å²) >= 11 is 0. The van der Waals surface area contributed by atoms with Gasteiger partial charge in [0.05, 0.1) is 17.8 Å². The van der Waals surface area contributed by atoms with E-state index in [1.54, 1.807) is 4.90 Å². The van der Waals surface area contributed by atoms with Crippen molar-refractivity contribution in [3.8, 4) is 0 Å². The van der Waals surface area contributed by atoms with E-state index in [1.165, 1.54) is 12.1 Å². The first-order chi connectivity index (χ1) is 14.8. The zero-order chi connectivity index (χ0) is 22.0. The Morgan fingerprint density at radius 1 is 1.06 bits per heavy atom. The second-order valence-electron chi connectivity index (χ2n) is 8.16. The number of piperidine rings is 1. The highest BCUT2D eigenvalue weighted by atomic mass is 19.4. The number of halogens is 3. The summed E-state index contributed by atoms with van der Waals surface area (Å²) in [5, 5.41) is 2.95. The molecule has 1 fully saturated rings. The van der Waals surface area contributed by atoms with Crippen LogP contribution in [-0.2, 0) is 30.5 Å². The molecule has 2 aromatic rings. The van der Waals surface area contributed by atoms with Crippen LogP contribution in [0.4, 0.5) is 13.2 Å². The molecule has 0 unspecified atom stereocenters. The maximum absolute atomic E-state index is 12.7. The summed E-state index contributed by atoms with van der Waals surface area (Å²) < 4.78 is 40.2. The summed E-state index contributed by atoms with van der Waals surface area (Å²) in [7, 11) is 0. The Morgan fingerprint density at radius 2 is 1.77 bits per heavy atom. The molecule has 166 valence electrons. The normalized spacial score (nSPS) is 17.3. The van der Waals surface area contributed by atoms with Crippen molar-refractivity contribution >= 4 is 11.8 Å². The number of nitrogens with one attached hydrogen (secondary N) is 1. The molecule has 1 N–H and O–H groups in total. The third-order valence-electron chi connectivity index (χ3n) is 6.01. The zero-order valence-corrected chi connectivity index (χ0v) is 17.1. The Bertz CT molecular complexity index is 921. The monoisotopic (exact) mass is 434 g/mol. The van der Waals surface area contributed by atoms with Crippen LogP contribution in [0.25, 0.3) is 0 Å². The van der Waals surface area contributed by atoms with E-state index in [1.807, 2.05) is 6.20 Å². The molecule has 2 aliphatic rings. The minimum atomic E-state index is -4.43. The Labute approximate surface area is 178 Å². The summed E-state index contributed by atoms with van der Waals surface area (Å²) in [6, 6.07) is 4.24. The van der Waals surface area contributed by atoms with Crippen molar-refractivity contribution in [2.45, 2.75) is 51.4 Å². The van der Waals surface area contributed by atoms with Crippen LogP contribution < -0.4 is 5.32 Å². The molecule has 0 saturated carbocycles. The molecular weight excluding hydrogens is 409 g/mol. The molecule has 4 rings (SSSR count). The van der Waals surface area contributed by atoms with Crippen LogP contribution in [0.3, 0.4) is 0 Å². The molecule has 0 spiro atoms. The van der Waals surface area contributed by atoms with Crippen LogP contribution in [0.15, 0.2) is 30.5 Å². The van der Waals surface area contributed by atoms with Gasteiger partial charge >= 0.3 is 6.18 Å². The van der Waals surface area contributed by atoms with Gasteiger partial charge in [0.25, 0.3) is 5.91 Å². The van der Waals surface area contributed by atoms with E-state index in [4.69, 9.17) is 0 Å². The molecule has 0 bridgehead atoms. The number of rotatable bonds is 4. The molecule has 1 aromatic carbocycles. The molecular formula is C22H25F3N4O2. The largest absolute Gasteiger partial charge is 0.416 e. The van der Waals surface area contributed by atoms with Gasteiger partial charge in [0, 0.05) is 43.7 Å². The standard InChI is InChI=1S/C22H25F3N4O2/c23-22(24,25)17-6-4-16(5-7-17)21(31)28-11-8-15(9-12-28)20(30)26-13-18-14-29-10-2-1-3-19(29)27-18/h4-7,14-15H,1-3,8-13H2,(H,26,30). The molecule has 0 radical (unpaired) electrons. The van der Waals surface area contributed by atoms with Crippen molar-refractivity contribution in [1.82, 2.24) is 19.8 Å². The van der Waals surface area contributed by atoms with E-state index in [0.29, 0.717) is 32.5 Å². The first-order valence-corrected chi connectivity index (χ1v) is 10.6. The highest BCUT2D eigenvalue weighted by Crippen LogP contribution is 2.29. The molecule has 1 aromatic heterocycles. The third-order valence-corrected chi connectivity index (χ3v) is 6.01. The van der Waals surface area contributed by atoms with E-state index < -0.39 is 11.7 Å². The number of carbonyl (C=O) groups is 2. The Kier molecular flexibility index (Phi) is 6.02. The van der Waals surface area contributed by atoms with Crippen LogP contribution in [0.1, 0.15) is 53.1 Å². The van der Waals surface area contributed by atoms with Gasteiger partial charge in [-0.2, -0.15) is 13.2 Å². The van der Waals surface area contributed by atoms with Crippen LogP contribution in [0.5, 0.6) is 0 Å². The van der Waals surface area contributed by atoms with Crippen molar-refractivity contribution in [1.29, 1.82) is 0 Å². The quantitative estimate of drug-likeness (QED) is 0.802. The van der Waals surface area contributed by atoms with Crippen molar-refractivity contribution in [3.63, 3.8) is 0 Å². The highest BCUT2D eigenvalue weighted by Gasteiger charge is 2.31. The van der Waals surface area contributed by atoms with Crippen molar-refractivity contribution in [2.24, 2.45) is 5.92 Å². The van der Waals surface area contributed by atoms with Gasteiger partial charge in [-0.15, -0.1) is 0 Å². The van der Waals surface area contributed by atoms with Crippen LogP contribution in [-0.4, -0.2) is 39.4 Å². The molecule has 2 amide bonds. The first-order valence-electron chi connectivity index (χ1n) is 10.6. The Hall–Kier alpha value is -2.84. The van der Waals surface area contributed by atoms with Crippen LogP contribution >= 0.6 is 0 Å². The molecule has 9 heteroatoms. The number of amides is 2. The summed E-state index contributed by atoms with van der Waals surface area (Å²) in [4.78, 5) is 31.3. The number of hydrogen-bond donors (Lipinski definition) is 1. The minimum Gasteiger partial charge on any atom is -0.350 e. The van der Waals surface area contributed by atoms with Gasteiger partial charge in [0.15, 0.2) is 0 Å². The van der Waals surface area contributed by atoms with Gasteiger partial charge in [0.1, 0.15) is 5.82 Å². The molecule has 0 atom stereocenters. The fourth-order valence-electron chi connectivity index (χ4n) is 4.21. The molecule has 6 nitrogen and oxygen atoms in total. The van der Waals surface area contributed by atoms with E-state index in [-0.39, 0.29) is 23.3 Å². The molecule has 3 heterocycles. The Morgan fingerprint density at radius 3 is 2.42 bits per heavy atom. The first kappa shape index (κ1) is 21.4. The number of aromatic nitrogens is 2. The number of benzene rings is 1. The van der Waals surface area contributed by atoms with E-state index in [2.05, 4.69) is 14.9 Å². The fourth-order valence-corrected chi connectivity index (χ4v) is 4.21. The summed E-state index contributed by atoms with van der Waals surface area (Å²) in [6.07, 6.45) is 1.89. The second-order valence-corrected chi connectivity index (χ2v) is 8.16. The van der Waals surface area contributed by atoms with Crippen molar-refractivity contribution in [3.05, 3.63) is 53.1 Å². The summed E-state index contributed by atoms with van der Waals surface area (Å²) in [5.41, 5.74) is 0.304. The lowest BCUT2D eigenvalue weighted by Gasteiger charge is -2.31. The number of carbonyl (C=O) groups excluding carboxylic acids is 2. The lowest BCUT2D eigenvalue weighted by Crippen LogP contribution is -2.43. The van der Waals surface area contributed by atoms with E-state index in [9.17, 15) is 22.8 Å². The SMILES string of the molecule is O=C(NCc1cn2c(n1)CCCC2)C1CCN(C(=O)c2ccc(C(F)(F)F)cc2)CC1. The van der Waals surface area contributed by atoms with Crippen LogP contribution in [0.2, 0.25) is 0 Å². The summed E-state index contributed by atoms with van der Waals surface area (Å²) in [5.74, 6) is 0.531. The van der Waals surface area contributed by atoms with Gasteiger partial charge in [-0.05, 0) is 49.9 Å². The molecule has 0 aliphatic carbocycles. The predicted molar refractivity (Wildman–Crippen MR) is 107 cm³/mol. The number of nitrogens with zero attached hydrogens (tertiary/aromatic N) is 3. The maximum Gasteiger partial charge on any atom is 0.416 e. The van der Waals surface area contributed by atoms with Crippen molar-refractivity contribution < 1.29 is 22.8 Å². The highest BCUT2D eigenvalue weighted by molar-refractivity contribution is 5.94. The Balaban J connectivity index is 1.26. The second kappa shape index (κ2) is 8.72. The average molecular weight is 434 g/mol. The number of imidazole rings is 1. The number of likely N-dealkylation sites (tertiary alicyclic amines) is 1. The molecule has 1 saturated heterocycles. The maximum atomic E-state index is 12.7. The lowest BCUT2D eigenvalue weighted by molar-refractivity contribution is -0.137. The number of fused-ring (bicyclic) bond motifs is 1. The van der Waals surface area contributed by atoms with E-state index in [0.717, 1.165) is 49.5 Å². The topological polar surface area (TPSA) is 67.2 Å². The van der Waals surface area contributed by atoms with Gasteiger partial charge in [-0.1, -0.05) is 0 Å².